The number of nitrogens with one attached hydrogen (secondary N) is 1. The number of rotatable bonds is 8. The van der Waals surface area contributed by atoms with E-state index < -0.39 is 20.0 Å². The zero-order valence-electron chi connectivity index (χ0n) is 16.3. The van der Waals surface area contributed by atoms with Crippen LogP contribution in [-0.4, -0.2) is 40.3 Å². The van der Waals surface area contributed by atoms with E-state index in [0.717, 1.165) is 24.0 Å². The number of hydrogen-bond acceptors (Lipinski definition) is 4. The molecule has 1 aliphatic carbocycles. The van der Waals surface area contributed by atoms with Crippen LogP contribution in [0.4, 0.5) is 0 Å². The van der Waals surface area contributed by atoms with Gasteiger partial charge in [0.15, 0.2) is 0 Å². The average molecular weight is 423 g/mol. The Morgan fingerprint density at radius 1 is 1.04 bits per heavy atom. The van der Waals surface area contributed by atoms with Crippen LogP contribution in [0.5, 0.6) is 0 Å². The maximum atomic E-state index is 13.0. The zero-order chi connectivity index (χ0) is 20.5. The summed E-state index contributed by atoms with van der Waals surface area (Å²) in [7, 11) is -6.01. The predicted molar refractivity (Wildman–Crippen MR) is 109 cm³/mol. The van der Waals surface area contributed by atoms with Crippen LogP contribution in [0.15, 0.2) is 58.3 Å². The maximum absolute atomic E-state index is 13.0. The third-order valence-electron chi connectivity index (χ3n) is 4.96. The van der Waals surface area contributed by atoms with Crippen molar-refractivity contribution in [3.63, 3.8) is 0 Å². The summed E-state index contributed by atoms with van der Waals surface area (Å²) in [6, 6.07) is 13.2. The third kappa shape index (κ3) is 4.81. The zero-order valence-corrected chi connectivity index (χ0v) is 17.9. The molecular weight excluding hydrogens is 396 g/mol. The van der Waals surface area contributed by atoms with E-state index in [4.69, 9.17) is 0 Å². The van der Waals surface area contributed by atoms with Gasteiger partial charge in [-0.25, -0.2) is 21.6 Å². The average Bonchev–Trinajstić information content (AvgIpc) is 3.46. The number of benzene rings is 2. The van der Waals surface area contributed by atoms with E-state index in [-0.39, 0.29) is 21.9 Å². The highest BCUT2D eigenvalue weighted by atomic mass is 32.2. The van der Waals surface area contributed by atoms with E-state index in [2.05, 4.69) is 4.72 Å². The van der Waals surface area contributed by atoms with Crippen molar-refractivity contribution < 1.29 is 16.8 Å². The fraction of sp³-hybridized carbons (Fsp3) is 0.400. The van der Waals surface area contributed by atoms with Gasteiger partial charge in [-0.05, 0) is 56.9 Å². The fourth-order valence-corrected chi connectivity index (χ4v) is 5.72. The molecule has 6 nitrogen and oxygen atoms in total. The summed E-state index contributed by atoms with van der Waals surface area (Å²) in [5.74, 6) is 0. The van der Waals surface area contributed by atoms with Crippen LogP contribution in [0.25, 0.3) is 0 Å². The summed E-state index contributed by atoms with van der Waals surface area (Å²) in [6.45, 7) is 3.84. The molecule has 8 heteroatoms. The first-order valence-electron chi connectivity index (χ1n) is 9.25. The highest BCUT2D eigenvalue weighted by molar-refractivity contribution is 7.90. The van der Waals surface area contributed by atoms with E-state index >= 15 is 0 Å². The van der Waals surface area contributed by atoms with Gasteiger partial charge in [-0.2, -0.15) is 4.31 Å². The second-order valence-electron chi connectivity index (χ2n) is 7.43. The molecule has 0 bridgehead atoms. The molecule has 1 fully saturated rings. The second-order valence-corrected chi connectivity index (χ2v) is 11.1. The van der Waals surface area contributed by atoms with Gasteiger partial charge in [0.1, 0.15) is 0 Å². The van der Waals surface area contributed by atoms with Crippen LogP contribution >= 0.6 is 0 Å². The molecule has 1 unspecified atom stereocenters. The molecule has 152 valence electrons. The van der Waals surface area contributed by atoms with Gasteiger partial charge in [-0.15, -0.1) is 0 Å². The van der Waals surface area contributed by atoms with Gasteiger partial charge < -0.3 is 0 Å². The highest BCUT2D eigenvalue weighted by Crippen LogP contribution is 2.25. The van der Waals surface area contributed by atoms with Crippen molar-refractivity contribution in [2.75, 3.05) is 7.05 Å². The molecule has 0 aromatic heterocycles. The summed E-state index contributed by atoms with van der Waals surface area (Å²) < 4.78 is 54.8. The minimum absolute atomic E-state index is 0.0237. The summed E-state index contributed by atoms with van der Waals surface area (Å²) in [5.41, 5.74) is 2.19. The van der Waals surface area contributed by atoms with Gasteiger partial charge in [0.25, 0.3) is 0 Å². The van der Waals surface area contributed by atoms with Crippen LogP contribution in [0, 0.1) is 6.92 Å². The van der Waals surface area contributed by atoms with E-state index in [1.165, 1.54) is 35.6 Å². The number of hydrogen-bond donors (Lipinski definition) is 1. The molecule has 2 aromatic rings. The minimum Gasteiger partial charge on any atom is -0.208 e. The van der Waals surface area contributed by atoms with Crippen molar-refractivity contribution in [1.82, 2.24) is 9.03 Å². The number of aryl methyl sites for hydroxylation is 1. The van der Waals surface area contributed by atoms with Gasteiger partial charge in [0.05, 0.1) is 9.79 Å². The Balaban J connectivity index is 1.81. The minimum atomic E-state index is -3.82. The Bertz CT molecular complexity index is 1040. The number of nitrogens with zero attached hydrogens (tertiary/aromatic N) is 1. The third-order valence-corrected chi connectivity index (χ3v) is 8.45. The lowest BCUT2D eigenvalue weighted by Crippen LogP contribution is -2.36. The van der Waals surface area contributed by atoms with Crippen molar-refractivity contribution in [3.05, 3.63) is 59.7 Å². The lowest BCUT2D eigenvalue weighted by Gasteiger charge is -2.24. The summed E-state index contributed by atoms with van der Waals surface area (Å²) in [4.78, 5) is -0.0514. The topological polar surface area (TPSA) is 83.6 Å². The highest BCUT2D eigenvalue weighted by Gasteiger charge is 2.30. The standard InChI is InChI=1S/C20H26N2O4S2/c1-15-7-9-17(10-8-15)13-16(2)22(3)28(25,26)20-6-4-5-19(14-20)27(23,24)21-18-11-12-18/h4-10,14,16,18,21H,11-13H2,1-3H3. The monoisotopic (exact) mass is 422 g/mol. The second kappa shape index (κ2) is 7.94. The SMILES string of the molecule is Cc1ccc(CC(C)N(C)S(=O)(=O)c2cccc(S(=O)(=O)NC3CC3)c2)cc1. The van der Waals surface area contributed by atoms with Gasteiger partial charge in [0, 0.05) is 19.1 Å². The van der Waals surface area contributed by atoms with Crippen molar-refractivity contribution in [2.45, 2.75) is 55.0 Å². The lowest BCUT2D eigenvalue weighted by atomic mass is 10.1. The molecule has 0 spiro atoms. The first-order valence-corrected chi connectivity index (χ1v) is 12.2. The Morgan fingerprint density at radius 3 is 2.25 bits per heavy atom. The van der Waals surface area contributed by atoms with Gasteiger partial charge in [-0.3, -0.25) is 0 Å². The van der Waals surface area contributed by atoms with Crippen LogP contribution < -0.4 is 4.72 Å². The van der Waals surface area contributed by atoms with Crippen LogP contribution in [0.1, 0.15) is 30.9 Å². The summed E-state index contributed by atoms with van der Waals surface area (Å²) >= 11 is 0. The summed E-state index contributed by atoms with van der Waals surface area (Å²) in [5, 5.41) is 0. The molecule has 2 aromatic carbocycles. The number of sulfonamides is 2. The molecule has 0 amide bonds. The molecule has 1 atom stereocenters. The first-order chi connectivity index (χ1) is 13.1. The largest absolute Gasteiger partial charge is 0.243 e. The normalized spacial score (nSPS) is 16.3. The Labute approximate surface area is 167 Å². The van der Waals surface area contributed by atoms with E-state index in [9.17, 15) is 16.8 Å². The van der Waals surface area contributed by atoms with Gasteiger partial charge in [-0.1, -0.05) is 35.9 Å². The Hall–Kier alpha value is -1.74. The van der Waals surface area contributed by atoms with Crippen LogP contribution in [0.2, 0.25) is 0 Å². The van der Waals surface area contributed by atoms with Crippen LogP contribution in [-0.2, 0) is 26.5 Å². The molecule has 1 saturated carbocycles. The molecule has 0 aliphatic heterocycles. The predicted octanol–water partition coefficient (Wildman–Crippen LogP) is 2.69. The number of likely N-dealkylation sites (N-methyl/N-ethyl adjacent to an activating group) is 1. The van der Waals surface area contributed by atoms with Crippen molar-refractivity contribution in [2.24, 2.45) is 0 Å². The smallest absolute Gasteiger partial charge is 0.208 e. The van der Waals surface area contributed by atoms with E-state index in [1.54, 1.807) is 0 Å². The van der Waals surface area contributed by atoms with Gasteiger partial charge in [0.2, 0.25) is 20.0 Å². The molecular formula is C20H26N2O4S2. The molecule has 0 radical (unpaired) electrons. The molecule has 1 aliphatic rings. The lowest BCUT2D eigenvalue weighted by molar-refractivity contribution is 0.387. The molecule has 28 heavy (non-hydrogen) atoms. The molecule has 0 saturated heterocycles. The van der Waals surface area contributed by atoms with E-state index in [0.29, 0.717) is 6.42 Å². The fourth-order valence-electron chi connectivity index (χ4n) is 2.89. The maximum Gasteiger partial charge on any atom is 0.243 e. The van der Waals surface area contributed by atoms with Crippen molar-refractivity contribution >= 4 is 20.0 Å². The van der Waals surface area contributed by atoms with E-state index in [1.807, 2.05) is 38.1 Å². The quantitative estimate of drug-likeness (QED) is 0.709. The van der Waals surface area contributed by atoms with Crippen LogP contribution in [0.3, 0.4) is 0 Å². The summed E-state index contributed by atoms with van der Waals surface area (Å²) in [6.07, 6.45) is 2.20. The first kappa shape index (κ1) is 21.0. The molecule has 0 heterocycles. The molecule has 1 N–H and O–H groups in total. The Morgan fingerprint density at radius 2 is 1.64 bits per heavy atom. The molecule has 3 rings (SSSR count). The van der Waals surface area contributed by atoms with Crippen molar-refractivity contribution in [3.8, 4) is 0 Å². The van der Waals surface area contributed by atoms with Crippen molar-refractivity contribution in [1.29, 1.82) is 0 Å². The Kier molecular flexibility index (Phi) is 5.95. The van der Waals surface area contributed by atoms with Gasteiger partial charge >= 0.3 is 0 Å².